The first-order valence-corrected chi connectivity index (χ1v) is 7.30. The van der Waals surface area contributed by atoms with Crippen molar-refractivity contribution in [3.05, 3.63) is 35.9 Å². The van der Waals surface area contributed by atoms with E-state index in [0.29, 0.717) is 5.16 Å². The number of hydrogen-bond acceptors (Lipinski definition) is 5. The van der Waals surface area contributed by atoms with E-state index >= 15 is 0 Å². The predicted octanol–water partition coefficient (Wildman–Crippen LogP) is 2.02. The smallest absolute Gasteiger partial charge is 0.313 e. The van der Waals surface area contributed by atoms with Crippen LogP contribution in [0.5, 0.6) is 0 Å². The lowest BCUT2D eigenvalue weighted by Gasteiger charge is -2.17. The number of thioether (sulfide) groups is 1. The van der Waals surface area contributed by atoms with E-state index in [-0.39, 0.29) is 11.8 Å². The largest absolute Gasteiger partial charge is 0.481 e. The van der Waals surface area contributed by atoms with Gasteiger partial charge in [-0.1, -0.05) is 18.7 Å². The molecule has 1 N–H and O–H groups in total. The number of pyridine rings is 1. The van der Waals surface area contributed by atoms with Crippen molar-refractivity contribution in [3.63, 3.8) is 0 Å². The van der Waals surface area contributed by atoms with Crippen molar-refractivity contribution >= 4 is 17.7 Å². The van der Waals surface area contributed by atoms with Crippen LogP contribution in [0.4, 0.5) is 0 Å². The van der Waals surface area contributed by atoms with Crippen molar-refractivity contribution in [2.24, 2.45) is 0 Å². The lowest BCUT2D eigenvalue weighted by Crippen LogP contribution is -2.12. The minimum atomic E-state index is -0.862. The zero-order valence-corrected chi connectivity index (χ0v) is 12.2. The molecule has 0 amide bonds. The van der Waals surface area contributed by atoms with Gasteiger partial charge in [-0.25, -0.2) is 0 Å². The number of aliphatic carboxylic acids is 1. The molecular formula is C13H16N4O2S. The molecule has 0 fully saturated rings. The molecule has 2 aromatic heterocycles. The highest BCUT2D eigenvalue weighted by Crippen LogP contribution is 2.26. The molecule has 0 aliphatic heterocycles. The lowest BCUT2D eigenvalue weighted by atomic mass is 10.1. The standard InChI is InChI=1S/C13H16N4O2S/c1-3-11-15-16-13(20-8-12(18)19)17(11)9(2)10-4-6-14-7-5-10/h4-7,9H,3,8H2,1-2H3,(H,18,19). The fourth-order valence-corrected chi connectivity index (χ4v) is 2.71. The molecule has 7 heteroatoms. The van der Waals surface area contributed by atoms with Crippen LogP contribution in [0.2, 0.25) is 0 Å². The molecule has 1 atom stereocenters. The third kappa shape index (κ3) is 3.16. The van der Waals surface area contributed by atoms with Gasteiger partial charge >= 0.3 is 5.97 Å². The quantitative estimate of drug-likeness (QED) is 0.820. The summed E-state index contributed by atoms with van der Waals surface area (Å²) in [6.45, 7) is 4.05. The van der Waals surface area contributed by atoms with Gasteiger partial charge in [-0.05, 0) is 24.6 Å². The topological polar surface area (TPSA) is 80.9 Å². The van der Waals surface area contributed by atoms with E-state index in [1.165, 1.54) is 11.8 Å². The molecular weight excluding hydrogens is 276 g/mol. The Hall–Kier alpha value is -1.89. The normalized spacial score (nSPS) is 12.3. The number of carboxylic acid groups (broad SMARTS) is 1. The maximum absolute atomic E-state index is 10.7. The molecule has 0 aliphatic rings. The maximum Gasteiger partial charge on any atom is 0.313 e. The van der Waals surface area contributed by atoms with E-state index in [4.69, 9.17) is 5.11 Å². The van der Waals surface area contributed by atoms with Gasteiger partial charge in [-0.2, -0.15) is 0 Å². The monoisotopic (exact) mass is 292 g/mol. The molecule has 0 radical (unpaired) electrons. The van der Waals surface area contributed by atoms with E-state index in [0.717, 1.165) is 17.8 Å². The predicted molar refractivity (Wildman–Crippen MR) is 75.8 cm³/mol. The molecule has 0 aromatic carbocycles. The summed E-state index contributed by atoms with van der Waals surface area (Å²) in [5.74, 6) is -0.0355. The van der Waals surface area contributed by atoms with Crippen LogP contribution in [0.3, 0.4) is 0 Å². The summed E-state index contributed by atoms with van der Waals surface area (Å²) in [6.07, 6.45) is 4.23. The van der Waals surface area contributed by atoms with Crippen molar-refractivity contribution in [1.29, 1.82) is 0 Å². The molecule has 0 aliphatic carbocycles. The van der Waals surface area contributed by atoms with Gasteiger partial charge in [0.05, 0.1) is 11.8 Å². The van der Waals surface area contributed by atoms with Crippen LogP contribution in [0.25, 0.3) is 0 Å². The number of hydrogen-bond donors (Lipinski definition) is 1. The van der Waals surface area contributed by atoms with Gasteiger partial charge in [-0.3, -0.25) is 14.3 Å². The number of aryl methyl sites for hydroxylation is 1. The highest BCUT2D eigenvalue weighted by molar-refractivity contribution is 7.99. The van der Waals surface area contributed by atoms with Crippen LogP contribution >= 0.6 is 11.8 Å². The van der Waals surface area contributed by atoms with Crippen LogP contribution in [0, 0.1) is 0 Å². The number of nitrogens with zero attached hydrogens (tertiary/aromatic N) is 4. The molecule has 2 heterocycles. The lowest BCUT2D eigenvalue weighted by molar-refractivity contribution is -0.133. The molecule has 2 aromatic rings. The third-order valence-electron chi connectivity index (χ3n) is 2.95. The van der Waals surface area contributed by atoms with Gasteiger partial charge in [0.2, 0.25) is 0 Å². The average molecular weight is 292 g/mol. The highest BCUT2D eigenvalue weighted by Gasteiger charge is 2.18. The van der Waals surface area contributed by atoms with Crippen LogP contribution < -0.4 is 0 Å². The summed E-state index contributed by atoms with van der Waals surface area (Å²) in [4.78, 5) is 14.7. The summed E-state index contributed by atoms with van der Waals surface area (Å²) < 4.78 is 1.99. The van der Waals surface area contributed by atoms with E-state index in [2.05, 4.69) is 15.2 Å². The summed E-state index contributed by atoms with van der Waals surface area (Å²) in [5, 5.41) is 17.7. The molecule has 0 spiro atoms. The van der Waals surface area contributed by atoms with Gasteiger partial charge in [0.25, 0.3) is 0 Å². The molecule has 1 unspecified atom stereocenters. The Bertz CT molecular complexity index is 585. The first-order valence-electron chi connectivity index (χ1n) is 6.31. The average Bonchev–Trinajstić information content (AvgIpc) is 2.88. The number of rotatable bonds is 6. The van der Waals surface area contributed by atoms with E-state index in [1.54, 1.807) is 12.4 Å². The molecule has 0 saturated heterocycles. The summed E-state index contributed by atoms with van der Waals surface area (Å²) >= 11 is 1.19. The van der Waals surface area contributed by atoms with Crippen molar-refractivity contribution in [3.8, 4) is 0 Å². The Morgan fingerprint density at radius 1 is 1.40 bits per heavy atom. The van der Waals surface area contributed by atoms with Gasteiger partial charge in [0.1, 0.15) is 5.82 Å². The first-order chi connectivity index (χ1) is 9.63. The Kier molecular flexibility index (Phi) is 4.73. The Labute approximate surface area is 121 Å². The number of carboxylic acids is 1. The van der Waals surface area contributed by atoms with Gasteiger partial charge in [0, 0.05) is 18.8 Å². The molecule has 0 bridgehead atoms. The van der Waals surface area contributed by atoms with Crippen molar-refractivity contribution in [2.45, 2.75) is 31.5 Å². The number of aromatic nitrogens is 4. The molecule has 20 heavy (non-hydrogen) atoms. The van der Waals surface area contributed by atoms with E-state index < -0.39 is 5.97 Å². The first kappa shape index (κ1) is 14.5. The minimum Gasteiger partial charge on any atom is -0.481 e. The van der Waals surface area contributed by atoms with Crippen molar-refractivity contribution < 1.29 is 9.90 Å². The molecule has 0 saturated carbocycles. The second-order valence-electron chi connectivity index (χ2n) is 4.26. The van der Waals surface area contributed by atoms with E-state index in [1.807, 2.05) is 30.5 Å². The minimum absolute atomic E-state index is 0.0229. The SMILES string of the molecule is CCc1nnc(SCC(=O)O)n1C(C)c1ccncc1. The summed E-state index contributed by atoms with van der Waals surface area (Å²) in [7, 11) is 0. The van der Waals surface area contributed by atoms with Gasteiger partial charge in [0.15, 0.2) is 5.16 Å². The van der Waals surface area contributed by atoms with Crippen molar-refractivity contribution in [1.82, 2.24) is 19.7 Å². The highest BCUT2D eigenvalue weighted by atomic mass is 32.2. The van der Waals surface area contributed by atoms with Crippen molar-refractivity contribution in [2.75, 3.05) is 5.75 Å². The number of carbonyl (C=O) groups is 1. The fraction of sp³-hybridized carbons (Fsp3) is 0.385. The second-order valence-corrected chi connectivity index (χ2v) is 5.20. The summed E-state index contributed by atoms with van der Waals surface area (Å²) in [5.41, 5.74) is 1.09. The van der Waals surface area contributed by atoms with Gasteiger partial charge < -0.3 is 5.11 Å². The van der Waals surface area contributed by atoms with Gasteiger partial charge in [-0.15, -0.1) is 10.2 Å². The maximum atomic E-state index is 10.7. The van der Waals surface area contributed by atoms with Crippen LogP contribution in [0.1, 0.15) is 31.3 Å². The molecule has 2 rings (SSSR count). The molecule has 106 valence electrons. The van der Waals surface area contributed by atoms with Crippen LogP contribution in [0.15, 0.2) is 29.7 Å². The Morgan fingerprint density at radius 2 is 2.10 bits per heavy atom. The third-order valence-corrected chi connectivity index (χ3v) is 3.88. The zero-order valence-electron chi connectivity index (χ0n) is 11.4. The Morgan fingerprint density at radius 3 is 2.70 bits per heavy atom. The molecule has 6 nitrogen and oxygen atoms in total. The fourth-order valence-electron chi connectivity index (χ4n) is 1.95. The van der Waals surface area contributed by atoms with Crippen LogP contribution in [-0.4, -0.2) is 36.6 Å². The Balaban J connectivity index is 2.33. The zero-order chi connectivity index (χ0) is 14.5. The van der Waals surface area contributed by atoms with Crippen LogP contribution in [-0.2, 0) is 11.2 Å². The summed E-state index contributed by atoms with van der Waals surface area (Å²) in [6, 6.07) is 3.92. The van der Waals surface area contributed by atoms with E-state index in [9.17, 15) is 4.79 Å². The second kappa shape index (κ2) is 6.51.